The van der Waals surface area contributed by atoms with Crippen molar-refractivity contribution in [2.75, 3.05) is 11.9 Å². The van der Waals surface area contributed by atoms with E-state index in [-0.39, 0.29) is 22.3 Å². The minimum atomic E-state index is -1.34. The van der Waals surface area contributed by atoms with Gasteiger partial charge in [0.1, 0.15) is 10.9 Å². The predicted octanol–water partition coefficient (Wildman–Crippen LogP) is 2.65. The molecule has 2 aromatic carbocycles. The summed E-state index contributed by atoms with van der Waals surface area (Å²) in [7, 11) is 0. The fraction of sp³-hybridized carbons (Fsp3) is 0.0526. The van der Waals surface area contributed by atoms with E-state index >= 15 is 0 Å². The minimum Gasteiger partial charge on any atom is -0.545 e. The van der Waals surface area contributed by atoms with Crippen LogP contribution in [0.3, 0.4) is 0 Å². The van der Waals surface area contributed by atoms with Gasteiger partial charge in [-0.15, -0.1) is 0 Å². The second-order valence-electron chi connectivity index (χ2n) is 5.74. The molecule has 142 valence electrons. The maximum Gasteiger partial charge on any atom is 0.266 e. The zero-order valence-corrected chi connectivity index (χ0v) is 17.4. The van der Waals surface area contributed by atoms with Crippen molar-refractivity contribution in [3.63, 3.8) is 0 Å². The average molecular weight is 476 g/mol. The van der Waals surface area contributed by atoms with Gasteiger partial charge in [0.15, 0.2) is 0 Å². The smallest absolute Gasteiger partial charge is 0.266 e. The normalized spacial score (nSPS) is 15.2. The Morgan fingerprint density at radius 1 is 1.21 bits per heavy atom. The Morgan fingerprint density at radius 2 is 1.96 bits per heavy atom. The lowest BCUT2D eigenvalue weighted by Crippen LogP contribution is -2.36. The van der Waals surface area contributed by atoms with E-state index in [1.54, 1.807) is 12.1 Å². The monoisotopic (exact) mass is 475 g/mol. The number of carbonyl (C=O) groups excluding carboxylic acids is 3. The van der Waals surface area contributed by atoms with Gasteiger partial charge in [-0.1, -0.05) is 64.2 Å². The van der Waals surface area contributed by atoms with E-state index in [2.05, 4.69) is 21.2 Å². The second-order valence-corrected chi connectivity index (χ2v) is 8.33. The number of nitrogens with zero attached hydrogens (tertiary/aromatic N) is 1. The molecule has 0 bridgehead atoms. The molecule has 0 aromatic heterocycles. The van der Waals surface area contributed by atoms with E-state index < -0.39 is 11.9 Å². The van der Waals surface area contributed by atoms with Crippen LogP contribution in [0, 0.1) is 0 Å². The van der Waals surface area contributed by atoms with Crippen LogP contribution in [0.25, 0.3) is 6.08 Å². The molecule has 0 unspecified atom stereocenters. The molecule has 3 rings (SSSR count). The molecule has 28 heavy (non-hydrogen) atoms. The summed E-state index contributed by atoms with van der Waals surface area (Å²) in [6.45, 7) is -0.268. The molecule has 1 aliphatic heterocycles. The number of thioether (sulfide) groups is 1. The average Bonchev–Trinajstić information content (AvgIpc) is 2.89. The van der Waals surface area contributed by atoms with E-state index in [0.29, 0.717) is 10.6 Å². The van der Waals surface area contributed by atoms with Gasteiger partial charge in [0, 0.05) is 10.2 Å². The number of halogens is 1. The summed E-state index contributed by atoms with van der Waals surface area (Å²) in [4.78, 5) is 37.4. The first-order chi connectivity index (χ1) is 13.3. The molecule has 1 aliphatic rings. The van der Waals surface area contributed by atoms with E-state index in [9.17, 15) is 19.5 Å². The summed E-state index contributed by atoms with van der Waals surface area (Å²) < 4.78 is 1.17. The third-order valence-corrected chi connectivity index (χ3v) is 5.57. The van der Waals surface area contributed by atoms with Gasteiger partial charge < -0.3 is 15.2 Å². The van der Waals surface area contributed by atoms with Crippen molar-refractivity contribution in [3.8, 4) is 0 Å². The Labute approximate surface area is 178 Å². The van der Waals surface area contributed by atoms with Crippen LogP contribution in [0.5, 0.6) is 0 Å². The van der Waals surface area contributed by atoms with Crippen molar-refractivity contribution < 1.29 is 19.5 Å². The molecule has 0 atom stereocenters. The molecule has 2 amide bonds. The van der Waals surface area contributed by atoms with Crippen molar-refractivity contribution in [2.24, 2.45) is 0 Å². The number of carbonyl (C=O) groups is 3. The third kappa shape index (κ3) is 4.86. The molecule has 1 heterocycles. The number of aromatic carboxylic acids is 1. The summed E-state index contributed by atoms with van der Waals surface area (Å²) in [6, 6.07) is 13.1. The Kier molecular flexibility index (Phi) is 6.28. The van der Waals surface area contributed by atoms with Crippen molar-refractivity contribution in [1.29, 1.82) is 0 Å². The number of amides is 2. The highest BCUT2D eigenvalue weighted by Gasteiger charge is 2.33. The standard InChI is InChI=1S/C19H13BrN2O4S2/c20-13-5-1-3-11(7-13)8-15-17(24)22(19(27)28-15)10-16(23)21-14-6-2-4-12(9-14)18(25)26/h1-9H,10H2,(H,21,23)(H,25,26)/p-1/b15-8-. The quantitative estimate of drug-likeness (QED) is 0.528. The van der Waals surface area contributed by atoms with Crippen LogP contribution in [-0.2, 0) is 9.59 Å². The van der Waals surface area contributed by atoms with Crippen molar-refractivity contribution >= 4 is 73.8 Å². The van der Waals surface area contributed by atoms with E-state index in [1.165, 1.54) is 23.1 Å². The van der Waals surface area contributed by atoms with Crippen LogP contribution in [-0.4, -0.2) is 33.5 Å². The summed E-state index contributed by atoms with van der Waals surface area (Å²) in [5.74, 6) is -2.19. The Morgan fingerprint density at radius 3 is 2.68 bits per heavy atom. The number of nitrogens with one attached hydrogen (secondary N) is 1. The van der Waals surface area contributed by atoms with E-state index in [1.807, 2.05) is 24.3 Å². The number of thiocarbonyl (C=S) groups is 1. The molecular formula is C19H12BrN2O4S2-. The Bertz CT molecular complexity index is 1020. The number of hydrogen-bond donors (Lipinski definition) is 1. The number of carboxylic acid groups (broad SMARTS) is 1. The SMILES string of the molecule is O=C(CN1C(=O)/C(=C/c2cccc(Br)c2)SC1=S)Nc1cccc(C(=O)[O-])c1. The van der Waals surface area contributed by atoms with Crippen molar-refractivity contribution in [1.82, 2.24) is 4.90 Å². The van der Waals surface area contributed by atoms with Gasteiger partial charge in [0.05, 0.1) is 10.9 Å². The van der Waals surface area contributed by atoms with Gasteiger partial charge in [-0.2, -0.15) is 0 Å². The Hall–Kier alpha value is -2.49. The first kappa shape index (κ1) is 20.2. The Balaban J connectivity index is 1.69. The molecule has 9 heteroatoms. The van der Waals surface area contributed by atoms with Crippen LogP contribution in [0.15, 0.2) is 57.9 Å². The maximum absolute atomic E-state index is 12.6. The highest BCUT2D eigenvalue weighted by molar-refractivity contribution is 9.10. The molecule has 1 fully saturated rings. The highest BCUT2D eigenvalue weighted by atomic mass is 79.9. The molecule has 0 saturated carbocycles. The third-order valence-electron chi connectivity index (χ3n) is 3.70. The number of anilines is 1. The summed E-state index contributed by atoms with van der Waals surface area (Å²) >= 11 is 9.73. The number of hydrogen-bond acceptors (Lipinski definition) is 6. The molecule has 0 spiro atoms. The van der Waals surface area contributed by atoms with Gasteiger partial charge in [0.25, 0.3) is 5.91 Å². The molecule has 1 saturated heterocycles. The lowest BCUT2D eigenvalue weighted by atomic mass is 10.2. The molecule has 0 radical (unpaired) electrons. The molecular weight excluding hydrogens is 464 g/mol. The highest BCUT2D eigenvalue weighted by Crippen LogP contribution is 2.32. The lowest BCUT2D eigenvalue weighted by molar-refractivity contribution is -0.255. The van der Waals surface area contributed by atoms with Crippen LogP contribution >= 0.6 is 39.9 Å². The number of benzene rings is 2. The fourth-order valence-corrected chi connectivity index (χ4v) is 4.12. The minimum absolute atomic E-state index is 0.0552. The van der Waals surface area contributed by atoms with Gasteiger partial charge in [0.2, 0.25) is 5.91 Å². The zero-order valence-electron chi connectivity index (χ0n) is 14.2. The summed E-state index contributed by atoms with van der Waals surface area (Å²) in [6.07, 6.45) is 1.71. The summed E-state index contributed by atoms with van der Waals surface area (Å²) in [5.41, 5.74) is 1.07. The molecule has 2 aromatic rings. The second kappa shape index (κ2) is 8.68. The molecule has 1 N–H and O–H groups in total. The van der Waals surface area contributed by atoms with Crippen molar-refractivity contribution in [3.05, 3.63) is 69.0 Å². The lowest BCUT2D eigenvalue weighted by Gasteiger charge is -2.14. The first-order valence-electron chi connectivity index (χ1n) is 7.95. The first-order valence-corrected chi connectivity index (χ1v) is 9.97. The van der Waals surface area contributed by atoms with Gasteiger partial charge >= 0.3 is 0 Å². The molecule has 0 aliphatic carbocycles. The fourth-order valence-electron chi connectivity index (χ4n) is 2.45. The van der Waals surface area contributed by atoms with Gasteiger partial charge in [-0.3, -0.25) is 14.5 Å². The van der Waals surface area contributed by atoms with Crippen molar-refractivity contribution in [2.45, 2.75) is 0 Å². The topological polar surface area (TPSA) is 89.5 Å². The van der Waals surface area contributed by atoms with E-state index in [0.717, 1.165) is 21.8 Å². The predicted molar refractivity (Wildman–Crippen MR) is 113 cm³/mol. The molecule has 6 nitrogen and oxygen atoms in total. The maximum atomic E-state index is 12.6. The van der Waals surface area contributed by atoms with Gasteiger partial charge in [-0.25, -0.2) is 0 Å². The summed E-state index contributed by atoms with van der Waals surface area (Å²) in [5, 5.41) is 13.5. The van der Waals surface area contributed by atoms with E-state index in [4.69, 9.17) is 12.2 Å². The largest absolute Gasteiger partial charge is 0.545 e. The number of rotatable bonds is 5. The van der Waals surface area contributed by atoms with Crippen LogP contribution in [0.4, 0.5) is 5.69 Å². The zero-order chi connectivity index (χ0) is 20.3. The van der Waals surface area contributed by atoms with Crippen LogP contribution < -0.4 is 10.4 Å². The van der Waals surface area contributed by atoms with Gasteiger partial charge in [-0.05, 0) is 41.5 Å². The van der Waals surface area contributed by atoms with Crippen LogP contribution in [0.1, 0.15) is 15.9 Å². The van der Waals surface area contributed by atoms with Crippen LogP contribution in [0.2, 0.25) is 0 Å². The number of carboxylic acids is 1.